The zero-order chi connectivity index (χ0) is 16.4. The Labute approximate surface area is 144 Å². The van der Waals surface area contributed by atoms with E-state index in [4.69, 9.17) is 0 Å². The van der Waals surface area contributed by atoms with Crippen LogP contribution in [0.5, 0.6) is 0 Å². The van der Waals surface area contributed by atoms with Gasteiger partial charge in [-0.2, -0.15) is 0 Å². The maximum absolute atomic E-state index is 12.6. The zero-order valence-corrected chi connectivity index (χ0v) is 13.9. The average Bonchev–Trinajstić information content (AvgIpc) is 3.27. The van der Waals surface area contributed by atoms with Crippen molar-refractivity contribution in [2.24, 2.45) is 0 Å². The molecule has 3 aromatic rings. The van der Waals surface area contributed by atoms with Gasteiger partial charge in [0.2, 0.25) is 5.91 Å². The smallest absolute Gasteiger partial charge is 0.231 e. The predicted octanol–water partition coefficient (Wildman–Crippen LogP) is 3.55. The van der Waals surface area contributed by atoms with Crippen LogP contribution >= 0.6 is 11.3 Å². The van der Waals surface area contributed by atoms with Crippen LogP contribution in [0.1, 0.15) is 23.3 Å². The Balaban J connectivity index is 1.46. The number of nitrogens with zero attached hydrogens (tertiary/aromatic N) is 2. The second-order valence-corrected chi connectivity index (χ2v) is 6.98. The second kappa shape index (κ2) is 6.17. The normalized spacial score (nSPS) is 15.0. The van der Waals surface area contributed by atoms with Crippen molar-refractivity contribution in [3.05, 3.63) is 70.8 Å². The molecule has 0 saturated heterocycles. The fourth-order valence-corrected chi connectivity index (χ4v) is 3.85. The molecule has 4 rings (SSSR count). The maximum Gasteiger partial charge on any atom is 0.231 e. The van der Waals surface area contributed by atoms with E-state index in [1.54, 1.807) is 29.9 Å². The fourth-order valence-electron chi connectivity index (χ4n) is 2.87. The Bertz CT molecular complexity index is 842. The van der Waals surface area contributed by atoms with Crippen LogP contribution in [0.2, 0.25) is 0 Å². The number of pyridine rings is 2. The Morgan fingerprint density at radius 2 is 2.12 bits per heavy atom. The summed E-state index contributed by atoms with van der Waals surface area (Å²) in [6.45, 7) is 0.516. The van der Waals surface area contributed by atoms with E-state index in [1.165, 1.54) is 4.88 Å². The number of nitrogens with one attached hydrogen (secondary N) is 1. The first kappa shape index (κ1) is 15.0. The lowest BCUT2D eigenvalue weighted by atomic mass is 10.0. The van der Waals surface area contributed by atoms with E-state index in [0.717, 1.165) is 29.7 Å². The van der Waals surface area contributed by atoms with Gasteiger partial charge in [0, 0.05) is 35.6 Å². The van der Waals surface area contributed by atoms with Gasteiger partial charge in [0.25, 0.3) is 0 Å². The van der Waals surface area contributed by atoms with Crippen molar-refractivity contribution < 1.29 is 4.79 Å². The fraction of sp³-hybridized carbons (Fsp3) is 0.211. The Kier molecular flexibility index (Phi) is 3.86. The maximum atomic E-state index is 12.6. The quantitative estimate of drug-likeness (QED) is 0.776. The van der Waals surface area contributed by atoms with Crippen LogP contribution in [0.15, 0.2) is 60.4 Å². The van der Waals surface area contributed by atoms with Crippen LogP contribution in [-0.2, 0) is 16.8 Å². The lowest BCUT2D eigenvalue weighted by Gasteiger charge is -2.14. The van der Waals surface area contributed by atoms with Gasteiger partial charge in [-0.05, 0) is 54.1 Å². The molecule has 0 unspecified atom stereocenters. The molecule has 1 amide bonds. The molecule has 1 fully saturated rings. The Morgan fingerprint density at radius 1 is 1.21 bits per heavy atom. The summed E-state index contributed by atoms with van der Waals surface area (Å²) in [4.78, 5) is 22.3. The summed E-state index contributed by atoms with van der Waals surface area (Å²) in [5, 5.41) is 5.13. The first-order chi connectivity index (χ1) is 11.8. The molecule has 0 aromatic carbocycles. The van der Waals surface area contributed by atoms with Crippen molar-refractivity contribution >= 4 is 17.2 Å². The van der Waals surface area contributed by atoms with Crippen molar-refractivity contribution in [3.8, 4) is 11.3 Å². The molecular weight excluding hydrogens is 318 g/mol. The van der Waals surface area contributed by atoms with E-state index in [-0.39, 0.29) is 11.3 Å². The second-order valence-electron chi connectivity index (χ2n) is 6.03. The monoisotopic (exact) mass is 335 g/mol. The van der Waals surface area contributed by atoms with Gasteiger partial charge in [0.15, 0.2) is 0 Å². The zero-order valence-electron chi connectivity index (χ0n) is 13.1. The summed E-state index contributed by atoms with van der Waals surface area (Å²) in [7, 11) is 0. The SMILES string of the molecule is O=C(NCc1ccnc(-c2cccnc2)c1)C1(c2cccs2)CC1. The van der Waals surface area contributed by atoms with E-state index in [1.807, 2.05) is 35.7 Å². The molecule has 0 spiro atoms. The van der Waals surface area contributed by atoms with E-state index >= 15 is 0 Å². The molecule has 0 atom stereocenters. The van der Waals surface area contributed by atoms with Crippen molar-refractivity contribution in [1.29, 1.82) is 0 Å². The van der Waals surface area contributed by atoms with Crippen LogP contribution in [0.3, 0.4) is 0 Å². The molecule has 0 aliphatic heterocycles. The highest BCUT2D eigenvalue weighted by Gasteiger charge is 2.51. The van der Waals surface area contributed by atoms with E-state index in [2.05, 4.69) is 21.4 Å². The highest BCUT2D eigenvalue weighted by Crippen LogP contribution is 2.50. The standard InChI is InChI=1S/C19H17N3OS/c23-18(19(6-7-19)17-4-2-10-24-17)22-12-14-5-9-21-16(11-14)15-3-1-8-20-13-15/h1-5,8-11,13H,6-7,12H2,(H,22,23). The molecule has 5 heteroatoms. The number of amides is 1. The summed E-state index contributed by atoms with van der Waals surface area (Å²) >= 11 is 1.66. The van der Waals surface area contributed by atoms with Gasteiger partial charge in [-0.1, -0.05) is 6.07 Å². The van der Waals surface area contributed by atoms with Gasteiger partial charge in [-0.3, -0.25) is 14.8 Å². The number of thiophene rings is 1. The number of rotatable bonds is 5. The molecule has 24 heavy (non-hydrogen) atoms. The summed E-state index contributed by atoms with van der Waals surface area (Å²) in [5.41, 5.74) is 2.60. The van der Waals surface area contributed by atoms with Crippen molar-refractivity contribution in [2.75, 3.05) is 0 Å². The molecule has 120 valence electrons. The third kappa shape index (κ3) is 2.83. The van der Waals surface area contributed by atoms with Crippen LogP contribution < -0.4 is 5.32 Å². The Hall–Kier alpha value is -2.53. The van der Waals surface area contributed by atoms with Gasteiger partial charge < -0.3 is 5.32 Å². The highest BCUT2D eigenvalue weighted by molar-refractivity contribution is 7.10. The van der Waals surface area contributed by atoms with Gasteiger partial charge in [-0.25, -0.2) is 0 Å². The number of aromatic nitrogens is 2. The summed E-state index contributed by atoms with van der Waals surface area (Å²) < 4.78 is 0. The molecule has 3 heterocycles. The summed E-state index contributed by atoms with van der Waals surface area (Å²) in [6.07, 6.45) is 7.19. The van der Waals surface area contributed by atoms with E-state index < -0.39 is 0 Å². The molecule has 1 saturated carbocycles. The van der Waals surface area contributed by atoms with Crippen molar-refractivity contribution in [3.63, 3.8) is 0 Å². The minimum atomic E-state index is -0.284. The molecule has 0 radical (unpaired) electrons. The summed E-state index contributed by atoms with van der Waals surface area (Å²) in [6, 6.07) is 11.9. The first-order valence-corrected chi connectivity index (χ1v) is 8.83. The minimum absolute atomic E-state index is 0.129. The average molecular weight is 335 g/mol. The number of carbonyl (C=O) groups is 1. The minimum Gasteiger partial charge on any atom is -0.351 e. The van der Waals surface area contributed by atoms with Gasteiger partial charge >= 0.3 is 0 Å². The molecule has 0 bridgehead atoms. The topological polar surface area (TPSA) is 54.9 Å². The number of hydrogen-bond donors (Lipinski definition) is 1. The number of hydrogen-bond acceptors (Lipinski definition) is 4. The van der Waals surface area contributed by atoms with Crippen molar-refractivity contribution in [2.45, 2.75) is 24.8 Å². The van der Waals surface area contributed by atoms with Gasteiger partial charge in [0.1, 0.15) is 0 Å². The van der Waals surface area contributed by atoms with E-state index in [0.29, 0.717) is 6.54 Å². The van der Waals surface area contributed by atoms with Crippen molar-refractivity contribution in [1.82, 2.24) is 15.3 Å². The van der Waals surface area contributed by atoms with Crippen LogP contribution in [0, 0.1) is 0 Å². The highest BCUT2D eigenvalue weighted by atomic mass is 32.1. The molecular formula is C19H17N3OS. The van der Waals surface area contributed by atoms with Gasteiger partial charge in [-0.15, -0.1) is 11.3 Å². The van der Waals surface area contributed by atoms with Crippen LogP contribution in [0.25, 0.3) is 11.3 Å². The van der Waals surface area contributed by atoms with Gasteiger partial charge in [0.05, 0.1) is 11.1 Å². The molecule has 3 aromatic heterocycles. The summed E-state index contributed by atoms with van der Waals surface area (Å²) in [5.74, 6) is 0.129. The Morgan fingerprint density at radius 3 is 2.83 bits per heavy atom. The lowest BCUT2D eigenvalue weighted by Crippen LogP contribution is -2.33. The largest absolute Gasteiger partial charge is 0.351 e. The third-order valence-electron chi connectivity index (χ3n) is 4.41. The van der Waals surface area contributed by atoms with Crippen LogP contribution in [0.4, 0.5) is 0 Å². The molecule has 4 nitrogen and oxygen atoms in total. The van der Waals surface area contributed by atoms with Crippen LogP contribution in [-0.4, -0.2) is 15.9 Å². The van der Waals surface area contributed by atoms with E-state index in [9.17, 15) is 4.79 Å². The predicted molar refractivity (Wildman–Crippen MR) is 94.5 cm³/mol. The number of carbonyl (C=O) groups excluding carboxylic acids is 1. The third-order valence-corrected chi connectivity index (χ3v) is 5.49. The molecule has 1 aliphatic rings. The first-order valence-electron chi connectivity index (χ1n) is 7.96. The lowest BCUT2D eigenvalue weighted by molar-refractivity contribution is -0.123. The molecule has 1 N–H and O–H groups in total. The molecule has 1 aliphatic carbocycles.